The Morgan fingerprint density at radius 2 is 1.94 bits per heavy atom. The minimum absolute atomic E-state index is 0.00776. The van der Waals surface area contributed by atoms with Crippen LogP contribution in [-0.4, -0.2) is 55.3 Å². The maximum atomic E-state index is 13.2. The summed E-state index contributed by atoms with van der Waals surface area (Å²) >= 11 is 0. The second-order valence-electron chi connectivity index (χ2n) is 10.1. The van der Waals surface area contributed by atoms with E-state index in [0.29, 0.717) is 17.4 Å². The SMILES string of the molecule is COc1cc(-c2cc3[nH]c(=O)n(C4CCCN(C5CCC5)C4)c3cc2C(C)C)cn2ncnc12. The molecule has 1 atom stereocenters. The lowest BCUT2D eigenvalue weighted by Gasteiger charge is -2.42. The molecule has 0 amide bonds. The van der Waals surface area contributed by atoms with Crippen molar-refractivity contribution in [3.05, 3.63) is 46.8 Å². The van der Waals surface area contributed by atoms with Gasteiger partial charge in [-0.1, -0.05) is 20.3 Å². The fraction of sp³-hybridized carbons (Fsp3) is 0.500. The van der Waals surface area contributed by atoms with Gasteiger partial charge in [-0.3, -0.25) is 9.47 Å². The zero-order valence-electron chi connectivity index (χ0n) is 20.1. The smallest absolute Gasteiger partial charge is 0.326 e. The predicted octanol–water partition coefficient (Wildman–Crippen LogP) is 4.36. The summed E-state index contributed by atoms with van der Waals surface area (Å²) in [6.45, 7) is 6.52. The minimum Gasteiger partial charge on any atom is -0.493 e. The third-order valence-corrected chi connectivity index (χ3v) is 7.77. The largest absolute Gasteiger partial charge is 0.493 e. The van der Waals surface area contributed by atoms with Gasteiger partial charge in [0.05, 0.1) is 24.2 Å². The first kappa shape index (κ1) is 21.4. The van der Waals surface area contributed by atoms with Crippen molar-refractivity contribution in [2.75, 3.05) is 20.2 Å². The quantitative estimate of drug-likeness (QED) is 0.479. The van der Waals surface area contributed by atoms with Gasteiger partial charge in [0.1, 0.15) is 6.33 Å². The molecule has 34 heavy (non-hydrogen) atoms. The van der Waals surface area contributed by atoms with Crippen LogP contribution in [0.3, 0.4) is 0 Å². The van der Waals surface area contributed by atoms with Crippen LogP contribution in [0.1, 0.15) is 63.5 Å². The summed E-state index contributed by atoms with van der Waals surface area (Å²) in [7, 11) is 1.65. The molecule has 0 bridgehead atoms. The molecule has 0 radical (unpaired) electrons. The third kappa shape index (κ3) is 3.43. The Balaban J connectivity index is 1.47. The highest BCUT2D eigenvalue weighted by Crippen LogP contribution is 2.37. The van der Waals surface area contributed by atoms with E-state index in [1.54, 1.807) is 11.6 Å². The number of aromatic nitrogens is 5. The van der Waals surface area contributed by atoms with Gasteiger partial charge < -0.3 is 9.72 Å². The van der Waals surface area contributed by atoms with E-state index in [-0.39, 0.29) is 17.6 Å². The molecule has 8 heteroatoms. The van der Waals surface area contributed by atoms with Crippen LogP contribution < -0.4 is 10.4 Å². The van der Waals surface area contributed by atoms with Gasteiger partial charge in [-0.05, 0) is 67.5 Å². The van der Waals surface area contributed by atoms with Crippen LogP contribution in [0, 0.1) is 0 Å². The standard InChI is InChI=1S/C26H32N6O2/c1-16(2)20-12-23-22(11-21(20)17-10-24(34-3)25-27-15-28-31(25)13-17)29-26(33)32(23)19-8-5-9-30(14-19)18-6-4-7-18/h10-13,15-16,18-19H,4-9,14H2,1-3H3,(H,29,33). The first-order valence-electron chi connectivity index (χ1n) is 12.4. The lowest BCUT2D eigenvalue weighted by atomic mass is 9.89. The molecule has 0 spiro atoms. The van der Waals surface area contributed by atoms with Crippen LogP contribution in [0.5, 0.6) is 5.75 Å². The molecule has 2 fully saturated rings. The fourth-order valence-corrected chi connectivity index (χ4v) is 5.75. The van der Waals surface area contributed by atoms with Crippen molar-refractivity contribution in [3.63, 3.8) is 0 Å². The van der Waals surface area contributed by atoms with Crippen molar-refractivity contribution in [3.8, 4) is 16.9 Å². The lowest BCUT2D eigenvalue weighted by molar-refractivity contribution is 0.0799. The van der Waals surface area contributed by atoms with Crippen LogP contribution >= 0.6 is 0 Å². The van der Waals surface area contributed by atoms with Gasteiger partial charge in [0.15, 0.2) is 11.4 Å². The molecule has 3 aromatic heterocycles. The molecule has 1 saturated heterocycles. The normalized spacial score (nSPS) is 19.8. The van der Waals surface area contributed by atoms with E-state index in [9.17, 15) is 4.79 Å². The van der Waals surface area contributed by atoms with E-state index < -0.39 is 0 Å². The number of likely N-dealkylation sites (tertiary alicyclic amines) is 1. The van der Waals surface area contributed by atoms with Crippen molar-refractivity contribution < 1.29 is 4.74 Å². The highest BCUT2D eigenvalue weighted by molar-refractivity contribution is 5.85. The van der Waals surface area contributed by atoms with Crippen LogP contribution in [0.4, 0.5) is 0 Å². The molecule has 2 aliphatic rings. The van der Waals surface area contributed by atoms with Gasteiger partial charge in [-0.25, -0.2) is 14.3 Å². The summed E-state index contributed by atoms with van der Waals surface area (Å²) < 4.78 is 9.36. The number of ether oxygens (including phenoxy) is 1. The number of nitrogens with one attached hydrogen (secondary N) is 1. The molecular weight excluding hydrogens is 428 g/mol. The maximum absolute atomic E-state index is 13.2. The van der Waals surface area contributed by atoms with Crippen LogP contribution in [-0.2, 0) is 0 Å². The van der Waals surface area contributed by atoms with Gasteiger partial charge in [-0.2, -0.15) is 5.10 Å². The van der Waals surface area contributed by atoms with E-state index in [1.165, 1.54) is 31.2 Å². The predicted molar refractivity (Wildman–Crippen MR) is 133 cm³/mol. The molecule has 1 unspecified atom stereocenters. The summed E-state index contributed by atoms with van der Waals surface area (Å²) in [5.74, 6) is 0.960. The number of benzene rings is 1. The lowest BCUT2D eigenvalue weighted by Crippen LogP contribution is -2.47. The van der Waals surface area contributed by atoms with Crippen molar-refractivity contribution >= 4 is 16.7 Å². The first-order chi connectivity index (χ1) is 16.5. The molecule has 1 aliphatic heterocycles. The number of nitrogens with zero attached hydrogens (tertiary/aromatic N) is 5. The van der Waals surface area contributed by atoms with Crippen LogP contribution in [0.25, 0.3) is 27.8 Å². The molecule has 1 aromatic carbocycles. The monoisotopic (exact) mass is 460 g/mol. The summed E-state index contributed by atoms with van der Waals surface area (Å²) in [5, 5.41) is 4.32. The highest BCUT2D eigenvalue weighted by atomic mass is 16.5. The fourth-order valence-electron chi connectivity index (χ4n) is 5.75. The van der Waals surface area contributed by atoms with Crippen LogP contribution in [0.15, 0.2) is 35.5 Å². The van der Waals surface area contributed by atoms with E-state index in [4.69, 9.17) is 4.74 Å². The number of hydrogen-bond donors (Lipinski definition) is 1. The van der Waals surface area contributed by atoms with Gasteiger partial charge >= 0.3 is 5.69 Å². The van der Waals surface area contributed by atoms with E-state index in [2.05, 4.69) is 45.9 Å². The van der Waals surface area contributed by atoms with Crippen molar-refractivity contribution in [2.24, 2.45) is 0 Å². The third-order valence-electron chi connectivity index (χ3n) is 7.77. The number of aromatic amines is 1. The number of rotatable bonds is 5. The number of piperidine rings is 1. The van der Waals surface area contributed by atoms with E-state index in [1.807, 2.05) is 16.8 Å². The Morgan fingerprint density at radius 1 is 1.12 bits per heavy atom. The van der Waals surface area contributed by atoms with Gasteiger partial charge in [-0.15, -0.1) is 0 Å². The molecule has 4 heterocycles. The highest BCUT2D eigenvalue weighted by Gasteiger charge is 2.31. The Morgan fingerprint density at radius 3 is 2.68 bits per heavy atom. The van der Waals surface area contributed by atoms with Gasteiger partial charge in [0, 0.05) is 24.3 Å². The van der Waals surface area contributed by atoms with E-state index in [0.717, 1.165) is 48.1 Å². The number of hydrogen-bond acceptors (Lipinski definition) is 5. The van der Waals surface area contributed by atoms with E-state index >= 15 is 0 Å². The molecule has 1 saturated carbocycles. The molecular formula is C26H32N6O2. The summed E-state index contributed by atoms with van der Waals surface area (Å²) in [4.78, 5) is 23.3. The Labute approximate surface area is 198 Å². The molecule has 4 aromatic rings. The molecule has 1 aliphatic carbocycles. The minimum atomic E-state index is -0.00776. The average Bonchev–Trinajstić information content (AvgIpc) is 3.39. The zero-order valence-corrected chi connectivity index (χ0v) is 20.1. The average molecular weight is 461 g/mol. The van der Waals surface area contributed by atoms with Crippen LogP contribution in [0.2, 0.25) is 0 Å². The Bertz CT molecular complexity index is 1410. The van der Waals surface area contributed by atoms with Crippen molar-refractivity contribution in [1.29, 1.82) is 0 Å². The molecule has 6 rings (SSSR count). The molecule has 1 N–H and O–H groups in total. The molecule has 178 valence electrons. The number of methoxy groups -OCH3 is 1. The molecule has 8 nitrogen and oxygen atoms in total. The number of pyridine rings is 1. The van der Waals surface area contributed by atoms with Gasteiger partial charge in [0.25, 0.3) is 0 Å². The zero-order chi connectivity index (χ0) is 23.4. The number of imidazole rings is 1. The van der Waals surface area contributed by atoms with Gasteiger partial charge in [0.2, 0.25) is 0 Å². The summed E-state index contributed by atoms with van der Waals surface area (Å²) in [5.41, 5.74) is 5.83. The summed E-state index contributed by atoms with van der Waals surface area (Å²) in [6.07, 6.45) is 9.64. The topological polar surface area (TPSA) is 80.5 Å². The Hall–Kier alpha value is -3.13. The number of fused-ring (bicyclic) bond motifs is 2. The summed E-state index contributed by atoms with van der Waals surface area (Å²) in [6, 6.07) is 7.26. The first-order valence-corrected chi connectivity index (χ1v) is 12.4. The second kappa shape index (κ2) is 8.27. The number of H-pyrrole nitrogens is 1. The maximum Gasteiger partial charge on any atom is 0.326 e. The van der Waals surface area contributed by atoms with Crippen molar-refractivity contribution in [2.45, 2.75) is 64.0 Å². The van der Waals surface area contributed by atoms with Crippen molar-refractivity contribution in [1.82, 2.24) is 29.0 Å². The second-order valence-corrected chi connectivity index (χ2v) is 10.1. The Kier molecular flexibility index (Phi) is 5.21.